The van der Waals surface area contributed by atoms with Crippen molar-refractivity contribution in [3.05, 3.63) is 105 Å². The lowest BCUT2D eigenvalue weighted by Crippen LogP contribution is -2.35. The van der Waals surface area contributed by atoms with Crippen LogP contribution in [-0.2, 0) is 19.4 Å². The zero-order valence-corrected chi connectivity index (χ0v) is 27.9. The van der Waals surface area contributed by atoms with Crippen molar-refractivity contribution in [2.75, 3.05) is 29.4 Å². The molecular weight excluding hydrogens is 575 g/mol. The van der Waals surface area contributed by atoms with E-state index >= 15 is 0 Å². The monoisotopic (exact) mass is 618 g/mol. The van der Waals surface area contributed by atoms with E-state index in [2.05, 4.69) is 113 Å². The number of unbranched alkanes of at least 4 members (excludes halogenated alkanes) is 2. The molecule has 0 saturated heterocycles. The van der Waals surface area contributed by atoms with Crippen LogP contribution in [0.2, 0.25) is 0 Å². The van der Waals surface area contributed by atoms with Gasteiger partial charge < -0.3 is 9.80 Å². The zero-order chi connectivity index (χ0) is 29.9. The summed E-state index contributed by atoms with van der Waals surface area (Å²) in [4.78, 5) is 6.53. The molecule has 3 aromatic carbocycles. The van der Waals surface area contributed by atoms with E-state index in [1.54, 1.807) is 16.8 Å². The second-order valence-corrected chi connectivity index (χ2v) is 14.5. The maximum atomic E-state index is 2.64. The number of rotatable bonds is 10. The topological polar surface area (TPSA) is 10.4 Å². The number of anilines is 2. The molecule has 0 aliphatic carbocycles. The zero-order valence-electron chi connectivity index (χ0n) is 26.2. The Kier molecular flexibility index (Phi) is 8.95. The highest BCUT2D eigenvalue weighted by Crippen LogP contribution is 2.46. The van der Waals surface area contributed by atoms with E-state index in [1.807, 2.05) is 23.1 Å². The number of thiazole rings is 1. The summed E-state index contributed by atoms with van der Waals surface area (Å²) in [6.45, 7) is 9.11. The Bertz CT molecular complexity index is 1710. The Hall–Kier alpha value is -3.28. The first kappa shape index (κ1) is 29.4. The molecule has 0 radical (unpaired) electrons. The van der Waals surface area contributed by atoms with Crippen molar-refractivity contribution in [2.24, 2.45) is 0 Å². The van der Waals surface area contributed by atoms with Gasteiger partial charge in [-0.25, -0.2) is 0 Å². The first-order valence-electron chi connectivity index (χ1n) is 16.7. The molecule has 3 aliphatic rings. The number of aromatic nitrogens is 1. The molecule has 5 heteroatoms. The molecule has 0 saturated carbocycles. The smallest absolute Gasteiger partial charge is 0.263 e. The number of hydrogen-bond acceptors (Lipinski definition) is 4. The Morgan fingerprint density at radius 3 is 2.45 bits per heavy atom. The molecule has 226 valence electrons. The second-order valence-electron chi connectivity index (χ2n) is 12.3. The Morgan fingerprint density at radius 1 is 0.909 bits per heavy atom. The van der Waals surface area contributed by atoms with Crippen molar-refractivity contribution in [1.82, 2.24) is 0 Å². The highest BCUT2D eigenvalue weighted by molar-refractivity contribution is 8.03. The van der Waals surface area contributed by atoms with Gasteiger partial charge in [-0.15, -0.1) is 0 Å². The fraction of sp³-hybridized carbons (Fsp3) is 0.359. The molecule has 0 atom stereocenters. The van der Waals surface area contributed by atoms with Crippen molar-refractivity contribution in [1.29, 1.82) is 0 Å². The van der Waals surface area contributed by atoms with Crippen LogP contribution in [0.1, 0.15) is 74.1 Å². The van der Waals surface area contributed by atoms with Crippen molar-refractivity contribution in [3.63, 3.8) is 0 Å². The number of aryl methyl sites for hydroxylation is 3. The summed E-state index contributed by atoms with van der Waals surface area (Å²) in [6.07, 6.45) is 19.3. The summed E-state index contributed by atoms with van der Waals surface area (Å²) < 4.78 is 3.90. The van der Waals surface area contributed by atoms with E-state index in [-0.39, 0.29) is 0 Å². The number of nitrogens with zero attached hydrogens (tertiary/aromatic N) is 3. The molecule has 0 spiro atoms. The molecule has 0 bridgehead atoms. The molecule has 0 N–H and O–H groups in total. The highest BCUT2D eigenvalue weighted by atomic mass is 32.2. The van der Waals surface area contributed by atoms with Crippen LogP contribution in [0.25, 0.3) is 22.4 Å². The SMILES string of the molecule is CCCCN1/C(=C/C(=C\c2sc3ccccc3[n+]2CCCC)/C=C/c2cc3c4c(c2)CCCN4CCC3)Sc2ccccc21. The first-order valence-corrected chi connectivity index (χ1v) is 18.3. The molecule has 1 aromatic heterocycles. The van der Waals surface area contributed by atoms with E-state index in [1.165, 1.54) is 106 Å². The van der Waals surface area contributed by atoms with Gasteiger partial charge in [-0.1, -0.05) is 86.2 Å². The van der Waals surface area contributed by atoms with Gasteiger partial charge in [0, 0.05) is 48.8 Å². The van der Waals surface area contributed by atoms with Crippen LogP contribution < -0.4 is 14.4 Å². The summed E-state index contributed by atoms with van der Waals surface area (Å²) in [5.74, 6) is 0. The largest absolute Gasteiger partial charge is 0.371 e. The summed E-state index contributed by atoms with van der Waals surface area (Å²) in [6, 6.07) is 22.7. The van der Waals surface area contributed by atoms with Crippen molar-refractivity contribution >= 4 is 56.8 Å². The van der Waals surface area contributed by atoms with Gasteiger partial charge >= 0.3 is 0 Å². The average Bonchev–Trinajstić information content (AvgIpc) is 3.58. The number of hydrogen-bond donors (Lipinski definition) is 0. The third kappa shape index (κ3) is 6.01. The van der Waals surface area contributed by atoms with Crippen LogP contribution in [0.5, 0.6) is 0 Å². The van der Waals surface area contributed by atoms with Gasteiger partial charge in [0.15, 0.2) is 6.54 Å². The van der Waals surface area contributed by atoms with Crippen LogP contribution >= 0.6 is 23.1 Å². The molecule has 7 rings (SSSR count). The third-order valence-electron chi connectivity index (χ3n) is 9.15. The van der Waals surface area contributed by atoms with E-state index in [0.29, 0.717) is 0 Å². The van der Waals surface area contributed by atoms with Gasteiger partial charge in [-0.2, -0.15) is 4.57 Å². The van der Waals surface area contributed by atoms with Gasteiger partial charge in [0.25, 0.3) is 5.01 Å². The fourth-order valence-corrected chi connectivity index (χ4v) is 9.26. The van der Waals surface area contributed by atoms with Gasteiger partial charge in [-0.05, 0) is 90.8 Å². The molecule has 44 heavy (non-hydrogen) atoms. The van der Waals surface area contributed by atoms with Crippen LogP contribution in [0.15, 0.2) is 88.3 Å². The summed E-state index contributed by atoms with van der Waals surface area (Å²) in [5, 5.41) is 2.65. The molecule has 4 aromatic rings. The Morgan fingerprint density at radius 2 is 1.66 bits per heavy atom. The van der Waals surface area contributed by atoms with Crippen molar-refractivity contribution in [3.8, 4) is 0 Å². The lowest BCUT2D eigenvalue weighted by Gasteiger charge is -2.37. The molecule has 0 unspecified atom stereocenters. The van der Waals surface area contributed by atoms with Gasteiger partial charge in [0.05, 0.1) is 10.7 Å². The predicted molar refractivity (Wildman–Crippen MR) is 192 cm³/mol. The maximum absolute atomic E-state index is 2.64. The molecular formula is C39H44N3S2+. The predicted octanol–water partition coefficient (Wildman–Crippen LogP) is 10.0. The minimum atomic E-state index is 1.05. The Labute approximate surface area is 271 Å². The van der Waals surface area contributed by atoms with E-state index < -0.39 is 0 Å². The molecule has 3 aliphatic heterocycles. The fourth-order valence-electron chi connectivity index (χ4n) is 6.96. The summed E-state index contributed by atoms with van der Waals surface area (Å²) in [5.41, 5.74) is 9.93. The van der Waals surface area contributed by atoms with Crippen molar-refractivity contribution < 1.29 is 4.57 Å². The number of fused-ring (bicyclic) bond motifs is 2. The quantitative estimate of drug-likeness (QED) is 0.129. The van der Waals surface area contributed by atoms with E-state index in [4.69, 9.17) is 0 Å². The number of benzene rings is 3. The molecule has 0 fully saturated rings. The minimum absolute atomic E-state index is 1.05. The highest BCUT2D eigenvalue weighted by Gasteiger charge is 2.26. The summed E-state index contributed by atoms with van der Waals surface area (Å²) >= 11 is 3.83. The minimum Gasteiger partial charge on any atom is -0.371 e. The summed E-state index contributed by atoms with van der Waals surface area (Å²) in [7, 11) is 0. The van der Waals surface area contributed by atoms with Crippen LogP contribution in [0, 0.1) is 0 Å². The normalized spacial score (nSPS) is 17.2. The van der Waals surface area contributed by atoms with Crippen LogP contribution in [0.4, 0.5) is 11.4 Å². The average molecular weight is 619 g/mol. The first-order chi connectivity index (χ1) is 21.7. The van der Waals surface area contributed by atoms with Gasteiger partial charge in [0.1, 0.15) is 4.70 Å². The molecule has 0 amide bonds. The number of thioether (sulfide) groups is 1. The van der Waals surface area contributed by atoms with Gasteiger partial charge in [-0.3, -0.25) is 0 Å². The lowest BCUT2D eigenvalue weighted by atomic mass is 9.90. The van der Waals surface area contributed by atoms with Crippen LogP contribution in [-0.4, -0.2) is 19.6 Å². The Balaban J connectivity index is 1.32. The van der Waals surface area contributed by atoms with E-state index in [0.717, 1.165) is 13.1 Å². The van der Waals surface area contributed by atoms with Gasteiger partial charge in [0.2, 0.25) is 5.52 Å². The van der Waals surface area contributed by atoms with Crippen LogP contribution in [0.3, 0.4) is 0 Å². The number of para-hydroxylation sites is 2. The second kappa shape index (κ2) is 13.4. The standard InChI is InChI=1S/C39H44N3S2/c1-3-5-23-41-33-15-7-9-17-35(33)43-37(41)27-30(28-38-42(24-6-4-2)34-16-8-10-18-36(34)44-38)20-19-29-25-31-13-11-21-40-22-12-14-32(26-29)39(31)40/h7-10,15-20,25-28H,3-6,11-14,21-24H2,1-2H3/q+1. The van der Waals surface area contributed by atoms with Crippen molar-refractivity contribution in [2.45, 2.75) is 76.7 Å². The van der Waals surface area contributed by atoms with E-state index in [9.17, 15) is 0 Å². The molecule has 4 heterocycles. The third-order valence-corrected chi connectivity index (χ3v) is 11.4. The lowest BCUT2D eigenvalue weighted by molar-refractivity contribution is -0.669. The maximum Gasteiger partial charge on any atom is 0.263 e. The number of allylic oxidation sites excluding steroid dienone is 3. The molecule has 3 nitrogen and oxygen atoms in total.